The van der Waals surface area contributed by atoms with Crippen LogP contribution in [0.1, 0.15) is 16.8 Å². The highest BCUT2D eigenvalue weighted by Crippen LogP contribution is 2.23. The summed E-state index contributed by atoms with van der Waals surface area (Å²) in [5.41, 5.74) is 10.7. The zero-order chi connectivity index (χ0) is 11.8. The Kier molecular flexibility index (Phi) is 2.37. The molecule has 1 aliphatic rings. The van der Waals surface area contributed by atoms with Crippen LogP contribution in [0.4, 0.5) is 5.82 Å². The molecule has 1 aromatic carbocycles. The van der Waals surface area contributed by atoms with Crippen molar-refractivity contribution in [1.82, 2.24) is 15.1 Å². The molecule has 0 atom stereocenters. The summed E-state index contributed by atoms with van der Waals surface area (Å²) in [6.07, 6.45) is 0.957. The maximum absolute atomic E-state index is 6.15. The highest BCUT2D eigenvalue weighted by Gasteiger charge is 2.18. The van der Waals surface area contributed by atoms with Gasteiger partial charge in [-0.3, -0.25) is 0 Å². The second-order valence-electron chi connectivity index (χ2n) is 4.48. The van der Waals surface area contributed by atoms with Crippen LogP contribution in [0, 0.1) is 6.92 Å². The number of nitrogen functional groups attached to an aromatic ring is 1. The third-order valence-electron chi connectivity index (χ3n) is 3.23. The van der Waals surface area contributed by atoms with E-state index in [1.165, 1.54) is 5.56 Å². The van der Waals surface area contributed by atoms with Crippen LogP contribution in [0.15, 0.2) is 24.3 Å². The minimum absolute atomic E-state index is 0.760. The third-order valence-corrected chi connectivity index (χ3v) is 3.23. The van der Waals surface area contributed by atoms with E-state index in [0.29, 0.717) is 0 Å². The SMILES string of the molecule is Cc1ccc(-n2nc3c(c2N)CNCC3)cc1. The average molecular weight is 228 g/mol. The lowest BCUT2D eigenvalue weighted by molar-refractivity contribution is 0.636. The summed E-state index contributed by atoms with van der Waals surface area (Å²) in [7, 11) is 0. The lowest BCUT2D eigenvalue weighted by atomic mass is 10.1. The molecule has 0 aliphatic carbocycles. The molecule has 0 fully saturated rings. The fourth-order valence-corrected chi connectivity index (χ4v) is 2.21. The van der Waals surface area contributed by atoms with Crippen LogP contribution in [0.3, 0.4) is 0 Å². The first-order chi connectivity index (χ1) is 8.25. The lowest BCUT2D eigenvalue weighted by Crippen LogP contribution is -2.23. The van der Waals surface area contributed by atoms with Gasteiger partial charge in [0.05, 0.1) is 11.4 Å². The number of aromatic nitrogens is 2. The molecule has 4 nitrogen and oxygen atoms in total. The van der Waals surface area contributed by atoms with Crippen molar-refractivity contribution in [2.24, 2.45) is 0 Å². The summed E-state index contributed by atoms with van der Waals surface area (Å²) in [5, 5.41) is 7.92. The summed E-state index contributed by atoms with van der Waals surface area (Å²) in [4.78, 5) is 0. The van der Waals surface area contributed by atoms with Crippen LogP contribution in [-0.4, -0.2) is 16.3 Å². The minimum atomic E-state index is 0.760. The monoisotopic (exact) mass is 228 g/mol. The number of nitrogens with zero attached hydrogens (tertiary/aromatic N) is 2. The topological polar surface area (TPSA) is 55.9 Å². The van der Waals surface area contributed by atoms with Crippen LogP contribution < -0.4 is 11.1 Å². The highest BCUT2D eigenvalue weighted by molar-refractivity contribution is 5.51. The van der Waals surface area contributed by atoms with Gasteiger partial charge in [-0.1, -0.05) is 17.7 Å². The maximum Gasteiger partial charge on any atom is 0.132 e. The normalized spacial score (nSPS) is 14.6. The van der Waals surface area contributed by atoms with Gasteiger partial charge in [-0.15, -0.1) is 0 Å². The van der Waals surface area contributed by atoms with E-state index in [2.05, 4.69) is 41.6 Å². The van der Waals surface area contributed by atoms with Gasteiger partial charge in [0.15, 0.2) is 0 Å². The van der Waals surface area contributed by atoms with E-state index in [9.17, 15) is 0 Å². The lowest BCUT2D eigenvalue weighted by Gasteiger charge is -2.10. The predicted octanol–water partition coefficient (Wildman–Crippen LogP) is 1.41. The first-order valence-corrected chi connectivity index (χ1v) is 5.90. The van der Waals surface area contributed by atoms with E-state index in [-0.39, 0.29) is 0 Å². The summed E-state index contributed by atoms with van der Waals surface area (Å²) in [6, 6.07) is 8.26. The molecule has 4 heteroatoms. The van der Waals surface area contributed by atoms with Gasteiger partial charge >= 0.3 is 0 Å². The summed E-state index contributed by atoms with van der Waals surface area (Å²) >= 11 is 0. The molecule has 88 valence electrons. The van der Waals surface area contributed by atoms with Crippen molar-refractivity contribution in [3.05, 3.63) is 41.1 Å². The fourth-order valence-electron chi connectivity index (χ4n) is 2.21. The van der Waals surface area contributed by atoms with Crippen molar-refractivity contribution < 1.29 is 0 Å². The van der Waals surface area contributed by atoms with Crippen molar-refractivity contribution >= 4 is 5.82 Å². The number of hydrogen-bond acceptors (Lipinski definition) is 3. The highest BCUT2D eigenvalue weighted by atomic mass is 15.3. The molecule has 3 rings (SSSR count). The Hall–Kier alpha value is -1.81. The van der Waals surface area contributed by atoms with Crippen LogP contribution in [0.2, 0.25) is 0 Å². The molecule has 2 aromatic rings. The Morgan fingerprint density at radius 1 is 1.29 bits per heavy atom. The molecule has 1 aromatic heterocycles. The molecule has 0 unspecified atom stereocenters. The molecule has 17 heavy (non-hydrogen) atoms. The van der Waals surface area contributed by atoms with Crippen LogP contribution in [0.25, 0.3) is 5.69 Å². The van der Waals surface area contributed by atoms with E-state index in [1.807, 2.05) is 4.68 Å². The quantitative estimate of drug-likeness (QED) is 0.776. The van der Waals surface area contributed by atoms with E-state index >= 15 is 0 Å². The Morgan fingerprint density at radius 2 is 2.06 bits per heavy atom. The van der Waals surface area contributed by atoms with Crippen molar-refractivity contribution in [2.75, 3.05) is 12.3 Å². The maximum atomic E-state index is 6.15. The third kappa shape index (κ3) is 1.70. The zero-order valence-corrected chi connectivity index (χ0v) is 9.90. The molecule has 0 saturated heterocycles. The van der Waals surface area contributed by atoms with Gasteiger partial charge in [-0.25, -0.2) is 4.68 Å². The van der Waals surface area contributed by atoms with Crippen molar-refractivity contribution in [3.8, 4) is 5.69 Å². The Bertz CT molecular complexity index is 539. The molecular weight excluding hydrogens is 212 g/mol. The van der Waals surface area contributed by atoms with Crippen LogP contribution in [0.5, 0.6) is 0 Å². The first-order valence-electron chi connectivity index (χ1n) is 5.90. The molecule has 0 amide bonds. The number of nitrogens with two attached hydrogens (primary N) is 1. The van der Waals surface area contributed by atoms with Gasteiger partial charge in [0, 0.05) is 25.1 Å². The standard InChI is InChI=1S/C13H16N4/c1-9-2-4-10(5-3-9)17-13(14)11-8-15-7-6-12(11)16-17/h2-5,15H,6-8,14H2,1H3. The molecule has 3 N–H and O–H groups in total. The minimum Gasteiger partial charge on any atom is -0.383 e. The van der Waals surface area contributed by atoms with Crippen molar-refractivity contribution in [2.45, 2.75) is 19.9 Å². The number of benzene rings is 1. The smallest absolute Gasteiger partial charge is 0.132 e. The van der Waals surface area contributed by atoms with Crippen molar-refractivity contribution in [1.29, 1.82) is 0 Å². The largest absolute Gasteiger partial charge is 0.383 e. The van der Waals surface area contributed by atoms with Crippen LogP contribution in [-0.2, 0) is 13.0 Å². The fraction of sp³-hybridized carbons (Fsp3) is 0.308. The van der Waals surface area contributed by atoms with E-state index in [4.69, 9.17) is 5.73 Å². The summed E-state index contributed by atoms with van der Waals surface area (Å²) < 4.78 is 1.84. The molecule has 0 saturated carbocycles. The predicted molar refractivity (Wildman–Crippen MR) is 68.1 cm³/mol. The molecular formula is C13H16N4. The van der Waals surface area contributed by atoms with Crippen LogP contribution >= 0.6 is 0 Å². The van der Waals surface area contributed by atoms with E-state index in [0.717, 1.165) is 42.3 Å². The van der Waals surface area contributed by atoms with E-state index in [1.54, 1.807) is 0 Å². The zero-order valence-electron chi connectivity index (χ0n) is 9.90. The number of aryl methyl sites for hydroxylation is 1. The molecule has 0 spiro atoms. The number of anilines is 1. The van der Waals surface area contributed by atoms with Crippen molar-refractivity contribution in [3.63, 3.8) is 0 Å². The molecule has 0 bridgehead atoms. The molecule has 0 radical (unpaired) electrons. The number of hydrogen-bond donors (Lipinski definition) is 2. The van der Waals surface area contributed by atoms with Gasteiger partial charge in [-0.05, 0) is 19.1 Å². The summed E-state index contributed by atoms with van der Waals surface area (Å²) in [6.45, 7) is 3.88. The van der Waals surface area contributed by atoms with Gasteiger partial charge < -0.3 is 11.1 Å². The number of rotatable bonds is 1. The first kappa shape index (κ1) is 10.4. The number of nitrogens with one attached hydrogen (secondary N) is 1. The summed E-state index contributed by atoms with van der Waals surface area (Å²) in [5.74, 6) is 0.760. The second-order valence-corrected chi connectivity index (χ2v) is 4.48. The van der Waals surface area contributed by atoms with Gasteiger partial charge in [0.1, 0.15) is 5.82 Å². The Balaban J connectivity index is 2.09. The van der Waals surface area contributed by atoms with E-state index < -0.39 is 0 Å². The van der Waals surface area contributed by atoms with Gasteiger partial charge in [-0.2, -0.15) is 5.10 Å². The Labute approximate surface area is 100 Å². The van der Waals surface area contributed by atoms with Gasteiger partial charge in [0.25, 0.3) is 0 Å². The average Bonchev–Trinajstić information content (AvgIpc) is 2.69. The molecule has 1 aliphatic heterocycles. The molecule has 2 heterocycles. The number of fused-ring (bicyclic) bond motifs is 1. The Morgan fingerprint density at radius 3 is 2.76 bits per heavy atom. The second kappa shape index (κ2) is 3.89. The van der Waals surface area contributed by atoms with Gasteiger partial charge in [0.2, 0.25) is 0 Å².